The van der Waals surface area contributed by atoms with Crippen molar-refractivity contribution in [3.8, 4) is 0 Å². The first-order chi connectivity index (χ1) is 10.7. The number of thiophene rings is 1. The van der Waals surface area contributed by atoms with Gasteiger partial charge in [-0.3, -0.25) is 0 Å². The molecular weight excluding hydrogens is 300 g/mol. The van der Waals surface area contributed by atoms with Crippen LogP contribution in [-0.4, -0.2) is 36.6 Å². The fourth-order valence-corrected chi connectivity index (χ4v) is 4.31. The molecule has 1 saturated carbocycles. The first kappa shape index (κ1) is 15.3. The van der Waals surface area contributed by atoms with Crippen molar-refractivity contribution in [2.45, 2.75) is 50.6 Å². The highest BCUT2D eigenvalue weighted by Crippen LogP contribution is 2.34. The number of amides is 2. The summed E-state index contributed by atoms with van der Waals surface area (Å²) in [5.41, 5.74) is 0.918. The summed E-state index contributed by atoms with van der Waals surface area (Å²) in [4.78, 5) is 27.6. The summed E-state index contributed by atoms with van der Waals surface area (Å²) >= 11 is 1.64. The van der Waals surface area contributed by atoms with E-state index in [9.17, 15) is 9.59 Å². The zero-order chi connectivity index (χ0) is 15.5. The third kappa shape index (κ3) is 2.97. The highest BCUT2D eigenvalue weighted by molar-refractivity contribution is 7.10. The Balaban J connectivity index is 1.76. The lowest BCUT2D eigenvalue weighted by molar-refractivity contribution is -0.146. The number of nitrogens with zero attached hydrogens (tertiary/aromatic N) is 1. The molecule has 1 aliphatic heterocycles. The van der Waals surface area contributed by atoms with E-state index in [0.717, 1.165) is 24.8 Å². The molecule has 2 aliphatic rings. The predicted molar refractivity (Wildman–Crippen MR) is 84.9 cm³/mol. The Morgan fingerprint density at radius 2 is 2.09 bits per heavy atom. The normalized spacial score (nSPS) is 22.0. The third-order valence-corrected chi connectivity index (χ3v) is 5.58. The lowest BCUT2D eigenvalue weighted by atomic mass is 9.95. The molecule has 6 heteroatoms. The lowest BCUT2D eigenvalue weighted by Gasteiger charge is -2.35. The third-order valence-electron chi connectivity index (χ3n) is 4.58. The van der Waals surface area contributed by atoms with Crippen molar-refractivity contribution in [3.05, 3.63) is 21.9 Å². The molecule has 120 valence electrons. The number of ether oxygens (including phenoxy) is 1. The van der Waals surface area contributed by atoms with Crippen LogP contribution in [0.1, 0.15) is 48.6 Å². The maximum atomic E-state index is 12.6. The van der Waals surface area contributed by atoms with Gasteiger partial charge in [-0.15, -0.1) is 11.3 Å². The van der Waals surface area contributed by atoms with Crippen LogP contribution in [-0.2, 0) is 16.0 Å². The number of hydrogen-bond acceptors (Lipinski definition) is 4. The number of urea groups is 1. The molecule has 1 N–H and O–H groups in total. The summed E-state index contributed by atoms with van der Waals surface area (Å²) in [6.07, 6.45) is 6.45. The maximum absolute atomic E-state index is 12.6. The van der Waals surface area contributed by atoms with Gasteiger partial charge in [0.05, 0.1) is 7.11 Å². The molecule has 0 spiro atoms. The molecule has 0 saturated heterocycles. The molecule has 1 aromatic rings. The van der Waals surface area contributed by atoms with Crippen LogP contribution < -0.4 is 5.32 Å². The van der Waals surface area contributed by atoms with Gasteiger partial charge < -0.3 is 15.0 Å². The summed E-state index contributed by atoms with van der Waals surface area (Å²) in [5, 5.41) is 5.08. The standard InChI is InChI=1S/C16H22N2O3S/c1-21-15(19)14-12-8-10-22-13(12)7-9-18(14)16(20)17-11-5-3-2-4-6-11/h8,10-11,14H,2-7,9H2,1H3,(H,17,20). The number of nitrogens with one attached hydrogen (secondary N) is 1. The van der Waals surface area contributed by atoms with Gasteiger partial charge >= 0.3 is 12.0 Å². The molecule has 1 aromatic heterocycles. The highest BCUT2D eigenvalue weighted by atomic mass is 32.1. The average molecular weight is 322 g/mol. The Kier molecular flexibility index (Phi) is 4.66. The summed E-state index contributed by atoms with van der Waals surface area (Å²) in [5.74, 6) is -0.363. The average Bonchev–Trinajstić information content (AvgIpc) is 3.02. The summed E-state index contributed by atoms with van der Waals surface area (Å²) in [6.45, 7) is 0.561. The van der Waals surface area contributed by atoms with Crippen LogP contribution in [0.4, 0.5) is 4.79 Å². The van der Waals surface area contributed by atoms with Crippen LogP contribution in [0.25, 0.3) is 0 Å². The number of carbonyl (C=O) groups excluding carboxylic acids is 2. The molecule has 5 nitrogen and oxygen atoms in total. The van der Waals surface area contributed by atoms with Crippen LogP contribution in [0.2, 0.25) is 0 Å². The van der Waals surface area contributed by atoms with Gasteiger partial charge in [0.1, 0.15) is 0 Å². The van der Waals surface area contributed by atoms with Gasteiger partial charge in [0.2, 0.25) is 0 Å². The van der Waals surface area contributed by atoms with Crippen LogP contribution in [0.3, 0.4) is 0 Å². The second-order valence-electron chi connectivity index (χ2n) is 5.95. The SMILES string of the molecule is COC(=O)C1c2ccsc2CCN1C(=O)NC1CCCCC1. The van der Waals surface area contributed by atoms with E-state index in [0.29, 0.717) is 6.54 Å². The first-order valence-electron chi connectivity index (χ1n) is 7.92. The van der Waals surface area contributed by atoms with E-state index >= 15 is 0 Å². The quantitative estimate of drug-likeness (QED) is 0.852. The lowest BCUT2D eigenvalue weighted by Crippen LogP contribution is -2.51. The second kappa shape index (κ2) is 6.69. The van der Waals surface area contributed by atoms with Gasteiger partial charge in [-0.25, -0.2) is 9.59 Å². The Morgan fingerprint density at radius 3 is 2.82 bits per heavy atom. The Bertz CT molecular complexity index is 551. The Hall–Kier alpha value is -1.56. The summed E-state index contributed by atoms with van der Waals surface area (Å²) < 4.78 is 4.93. The van der Waals surface area contributed by atoms with Crippen molar-refractivity contribution in [2.24, 2.45) is 0 Å². The van der Waals surface area contributed by atoms with Gasteiger partial charge in [0.15, 0.2) is 6.04 Å². The minimum atomic E-state index is -0.608. The van der Waals surface area contributed by atoms with Gasteiger partial charge in [0, 0.05) is 17.5 Å². The fourth-order valence-electron chi connectivity index (χ4n) is 3.41. The zero-order valence-corrected chi connectivity index (χ0v) is 13.7. The molecule has 22 heavy (non-hydrogen) atoms. The van der Waals surface area contributed by atoms with Crippen molar-refractivity contribution in [1.82, 2.24) is 10.2 Å². The van der Waals surface area contributed by atoms with Gasteiger partial charge in [-0.05, 0) is 36.3 Å². The minimum absolute atomic E-state index is 0.140. The molecule has 1 fully saturated rings. The topological polar surface area (TPSA) is 58.6 Å². The van der Waals surface area contributed by atoms with E-state index in [1.165, 1.54) is 31.2 Å². The molecule has 1 atom stereocenters. The van der Waals surface area contributed by atoms with E-state index in [-0.39, 0.29) is 18.0 Å². The molecule has 2 amide bonds. The van der Waals surface area contributed by atoms with Gasteiger partial charge in [-0.1, -0.05) is 19.3 Å². The maximum Gasteiger partial charge on any atom is 0.333 e. The molecule has 3 rings (SSSR count). The number of methoxy groups -OCH3 is 1. The Labute approximate surface area is 134 Å². The Morgan fingerprint density at radius 1 is 1.32 bits per heavy atom. The number of carbonyl (C=O) groups is 2. The summed E-state index contributed by atoms with van der Waals surface area (Å²) in [7, 11) is 1.38. The predicted octanol–water partition coefficient (Wildman–Crippen LogP) is 2.86. The summed E-state index contributed by atoms with van der Waals surface area (Å²) in [6, 6.07) is 1.42. The van der Waals surface area contributed by atoms with Crippen molar-refractivity contribution in [3.63, 3.8) is 0 Å². The minimum Gasteiger partial charge on any atom is -0.467 e. The van der Waals surface area contributed by atoms with Crippen molar-refractivity contribution >= 4 is 23.3 Å². The number of fused-ring (bicyclic) bond motifs is 1. The fraction of sp³-hybridized carbons (Fsp3) is 0.625. The second-order valence-corrected chi connectivity index (χ2v) is 6.95. The monoisotopic (exact) mass is 322 g/mol. The number of esters is 1. The van der Waals surface area contributed by atoms with Crippen LogP contribution in [0, 0.1) is 0 Å². The van der Waals surface area contributed by atoms with Crippen molar-refractivity contribution in [1.29, 1.82) is 0 Å². The first-order valence-corrected chi connectivity index (χ1v) is 8.80. The van der Waals surface area contributed by atoms with E-state index in [4.69, 9.17) is 4.74 Å². The molecule has 0 bridgehead atoms. The number of hydrogen-bond donors (Lipinski definition) is 1. The van der Waals surface area contributed by atoms with Gasteiger partial charge in [0.25, 0.3) is 0 Å². The van der Waals surface area contributed by atoms with Crippen molar-refractivity contribution in [2.75, 3.05) is 13.7 Å². The molecule has 0 aromatic carbocycles. The smallest absolute Gasteiger partial charge is 0.333 e. The number of rotatable bonds is 2. The van der Waals surface area contributed by atoms with Crippen LogP contribution in [0.5, 0.6) is 0 Å². The van der Waals surface area contributed by atoms with E-state index in [1.54, 1.807) is 16.2 Å². The van der Waals surface area contributed by atoms with E-state index in [2.05, 4.69) is 5.32 Å². The molecular formula is C16H22N2O3S. The van der Waals surface area contributed by atoms with E-state index < -0.39 is 6.04 Å². The van der Waals surface area contributed by atoms with Gasteiger partial charge in [-0.2, -0.15) is 0 Å². The molecule has 1 aliphatic carbocycles. The molecule has 1 unspecified atom stereocenters. The van der Waals surface area contributed by atoms with E-state index in [1.807, 2.05) is 11.4 Å². The van der Waals surface area contributed by atoms with Crippen LogP contribution in [0.15, 0.2) is 11.4 Å². The molecule has 0 radical (unpaired) electrons. The zero-order valence-electron chi connectivity index (χ0n) is 12.8. The molecule has 2 heterocycles. The van der Waals surface area contributed by atoms with Crippen molar-refractivity contribution < 1.29 is 14.3 Å². The highest BCUT2D eigenvalue weighted by Gasteiger charge is 2.38. The largest absolute Gasteiger partial charge is 0.467 e. The van der Waals surface area contributed by atoms with Crippen LogP contribution >= 0.6 is 11.3 Å².